The van der Waals surface area contributed by atoms with Crippen LogP contribution in [0.2, 0.25) is 0 Å². The first-order valence-electron chi connectivity index (χ1n) is 8.09. The maximum atomic E-state index is 12.2. The van der Waals surface area contributed by atoms with Gasteiger partial charge < -0.3 is 14.2 Å². The average Bonchev–Trinajstić information content (AvgIpc) is 3.03. The molecular weight excluding hydrogens is 362 g/mol. The number of methoxy groups -OCH3 is 1. The highest BCUT2D eigenvalue weighted by molar-refractivity contribution is 9.10. The van der Waals surface area contributed by atoms with Crippen LogP contribution in [0.15, 0.2) is 22.8 Å². The Hall–Kier alpha value is -0.980. The van der Waals surface area contributed by atoms with Crippen molar-refractivity contribution >= 4 is 21.9 Å². The highest BCUT2D eigenvalue weighted by atomic mass is 79.9. The molecule has 5 nitrogen and oxygen atoms in total. The number of rotatable bonds is 4. The van der Waals surface area contributed by atoms with Gasteiger partial charge in [-0.05, 0) is 53.2 Å². The van der Waals surface area contributed by atoms with Crippen LogP contribution in [-0.2, 0) is 19.0 Å². The van der Waals surface area contributed by atoms with Crippen LogP contribution in [0.4, 0.5) is 0 Å². The summed E-state index contributed by atoms with van der Waals surface area (Å²) in [5, 5.41) is 0. The first-order chi connectivity index (χ1) is 11.1. The van der Waals surface area contributed by atoms with Crippen LogP contribution in [-0.4, -0.2) is 37.1 Å². The molecule has 0 bridgehead atoms. The second-order valence-corrected chi connectivity index (χ2v) is 7.18. The monoisotopic (exact) mass is 383 g/mol. The van der Waals surface area contributed by atoms with E-state index in [-0.39, 0.29) is 17.7 Å². The van der Waals surface area contributed by atoms with Crippen molar-refractivity contribution in [3.05, 3.63) is 28.5 Å². The summed E-state index contributed by atoms with van der Waals surface area (Å²) >= 11 is 3.37. The van der Waals surface area contributed by atoms with Gasteiger partial charge in [0.05, 0.1) is 31.9 Å². The molecule has 23 heavy (non-hydrogen) atoms. The van der Waals surface area contributed by atoms with Gasteiger partial charge in [-0.25, -0.2) is 0 Å². The van der Waals surface area contributed by atoms with Crippen molar-refractivity contribution in [1.82, 2.24) is 4.98 Å². The number of hydrogen-bond acceptors (Lipinski definition) is 5. The van der Waals surface area contributed by atoms with E-state index in [4.69, 9.17) is 14.2 Å². The second-order valence-electron chi connectivity index (χ2n) is 6.26. The van der Waals surface area contributed by atoms with Crippen molar-refractivity contribution in [2.45, 2.75) is 43.8 Å². The van der Waals surface area contributed by atoms with Gasteiger partial charge >= 0.3 is 5.97 Å². The molecule has 0 radical (unpaired) electrons. The summed E-state index contributed by atoms with van der Waals surface area (Å²) in [7, 11) is 1.43. The lowest BCUT2D eigenvalue weighted by Gasteiger charge is -2.36. The third-order valence-corrected chi connectivity index (χ3v) is 5.31. The number of carbonyl (C=O) groups excluding carboxylic acids is 1. The normalized spacial score (nSPS) is 22.2. The number of pyridine rings is 1. The van der Waals surface area contributed by atoms with Crippen LogP contribution in [0.1, 0.15) is 43.7 Å². The van der Waals surface area contributed by atoms with E-state index in [1.54, 1.807) is 6.20 Å². The fraction of sp³-hybridized carbons (Fsp3) is 0.647. The Morgan fingerprint density at radius 3 is 2.65 bits per heavy atom. The molecule has 2 aliphatic rings. The molecule has 2 fully saturated rings. The van der Waals surface area contributed by atoms with Crippen molar-refractivity contribution in [2.24, 2.45) is 5.92 Å². The predicted molar refractivity (Wildman–Crippen MR) is 87.9 cm³/mol. The van der Waals surface area contributed by atoms with Crippen LogP contribution < -0.4 is 0 Å². The fourth-order valence-electron chi connectivity index (χ4n) is 3.55. The first kappa shape index (κ1) is 16.9. The Morgan fingerprint density at radius 1 is 1.39 bits per heavy atom. The van der Waals surface area contributed by atoms with Crippen molar-refractivity contribution in [3.8, 4) is 0 Å². The van der Waals surface area contributed by atoms with E-state index >= 15 is 0 Å². The SMILES string of the molecule is COC(=O)C(CC1CCC2(CC1)OCCO2)c1ccc(Br)cn1. The highest BCUT2D eigenvalue weighted by Gasteiger charge is 2.41. The van der Waals surface area contributed by atoms with E-state index in [9.17, 15) is 4.79 Å². The predicted octanol–water partition coefficient (Wildman–Crippen LogP) is 3.42. The maximum absolute atomic E-state index is 12.2. The van der Waals surface area contributed by atoms with E-state index in [2.05, 4.69) is 20.9 Å². The molecule has 1 unspecified atom stereocenters. The van der Waals surface area contributed by atoms with Crippen LogP contribution in [0, 0.1) is 5.92 Å². The molecule has 1 aliphatic carbocycles. The lowest BCUT2D eigenvalue weighted by Crippen LogP contribution is -2.35. The molecule has 0 aromatic carbocycles. The van der Waals surface area contributed by atoms with Crippen molar-refractivity contribution < 1.29 is 19.0 Å². The molecule has 1 aromatic heterocycles. The number of hydrogen-bond donors (Lipinski definition) is 0. The third-order valence-electron chi connectivity index (χ3n) is 4.84. The Labute approximate surface area is 144 Å². The second kappa shape index (κ2) is 7.28. The summed E-state index contributed by atoms with van der Waals surface area (Å²) in [5.74, 6) is -0.415. The lowest BCUT2D eigenvalue weighted by molar-refractivity contribution is -0.183. The van der Waals surface area contributed by atoms with Crippen molar-refractivity contribution in [2.75, 3.05) is 20.3 Å². The molecule has 3 rings (SSSR count). The molecule has 1 spiro atoms. The summed E-state index contributed by atoms with van der Waals surface area (Å²) < 4.78 is 17.4. The minimum absolute atomic E-state index is 0.214. The van der Waals surface area contributed by atoms with Crippen LogP contribution >= 0.6 is 15.9 Å². The number of ether oxygens (including phenoxy) is 3. The van der Waals surface area contributed by atoms with Gasteiger partial charge in [-0.15, -0.1) is 0 Å². The van der Waals surface area contributed by atoms with E-state index in [0.29, 0.717) is 19.1 Å². The Kier molecular flexibility index (Phi) is 5.34. The molecule has 0 amide bonds. The first-order valence-corrected chi connectivity index (χ1v) is 8.88. The van der Waals surface area contributed by atoms with Gasteiger partial charge in [0.15, 0.2) is 5.79 Å². The van der Waals surface area contributed by atoms with Gasteiger partial charge in [0.25, 0.3) is 0 Å². The summed E-state index contributed by atoms with van der Waals surface area (Å²) in [5.41, 5.74) is 0.772. The minimum atomic E-state index is -0.354. The lowest BCUT2D eigenvalue weighted by atomic mass is 9.79. The van der Waals surface area contributed by atoms with Gasteiger partial charge in [-0.1, -0.05) is 0 Å². The molecule has 1 saturated heterocycles. The molecule has 1 aromatic rings. The van der Waals surface area contributed by atoms with Gasteiger partial charge in [-0.3, -0.25) is 9.78 Å². The van der Waals surface area contributed by atoms with Crippen LogP contribution in [0.25, 0.3) is 0 Å². The molecule has 0 N–H and O–H groups in total. The molecule has 1 saturated carbocycles. The quantitative estimate of drug-likeness (QED) is 0.745. The van der Waals surface area contributed by atoms with Gasteiger partial charge in [0, 0.05) is 23.5 Å². The standard InChI is InChI=1S/C17H22BrNO4/c1-21-16(20)14(15-3-2-13(18)11-19-15)10-12-4-6-17(7-5-12)22-8-9-23-17/h2-3,11-12,14H,4-10H2,1H3. The van der Waals surface area contributed by atoms with E-state index in [1.807, 2.05) is 12.1 Å². The number of nitrogens with zero attached hydrogens (tertiary/aromatic N) is 1. The summed E-state index contributed by atoms with van der Waals surface area (Å²) in [6.07, 6.45) is 6.30. The maximum Gasteiger partial charge on any atom is 0.314 e. The Bertz CT molecular complexity index is 532. The number of aromatic nitrogens is 1. The zero-order chi connectivity index (χ0) is 16.3. The zero-order valence-corrected chi connectivity index (χ0v) is 14.9. The molecule has 2 heterocycles. The van der Waals surface area contributed by atoms with Gasteiger partial charge in [-0.2, -0.15) is 0 Å². The topological polar surface area (TPSA) is 57.7 Å². The summed E-state index contributed by atoms with van der Waals surface area (Å²) in [6, 6.07) is 3.80. The largest absolute Gasteiger partial charge is 0.469 e. The van der Waals surface area contributed by atoms with E-state index in [1.165, 1.54) is 7.11 Å². The molecular formula is C17H22BrNO4. The average molecular weight is 384 g/mol. The van der Waals surface area contributed by atoms with E-state index in [0.717, 1.165) is 42.3 Å². The van der Waals surface area contributed by atoms with Gasteiger partial charge in [0.1, 0.15) is 0 Å². The molecule has 1 aliphatic heterocycles. The summed E-state index contributed by atoms with van der Waals surface area (Å²) in [4.78, 5) is 16.6. The van der Waals surface area contributed by atoms with Crippen molar-refractivity contribution in [3.63, 3.8) is 0 Å². The van der Waals surface area contributed by atoms with Gasteiger partial charge in [0.2, 0.25) is 0 Å². The smallest absolute Gasteiger partial charge is 0.314 e. The number of halogens is 1. The van der Waals surface area contributed by atoms with Crippen LogP contribution in [0.3, 0.4) is 0 Å². The fourth-order valence-corrected chi connectivity index (χ4v) is 3.78. The van der Waals surface area contributed by atoms with Crippen molar-refractivity contribution in [1.29, 1.82) is 0 Å². The molecule has 6 heteroatoms. The number of carbonyl (C=O) groups is 1. The number of esters is 1. The Balaban J connectivity index is 1.65. The zero-order valence-electron chi connectivity index (χ0n) is 13.3. The Morgan fingerprint density at radius 2 is 2.09 bits per heavy atom. The van der Waals surface area contributed by atoms with E-state index < -0.39 is 0 Å². The highest BCUT2D eigenvalue weighted by Crippen LogP contribution is 2.41. The summed E-state index contributed by atoms with van der Waals surface area (Å²) in [6.45, 7) is 1.39. The molecule has 1 atom stereocenters. The van der Waals surface area contributed by atoms with Crippen LogP contribution in [0.5, 0.6) is 0 Å². The third kappa shape index (κ3) is 3.92. The minimum Gasteiger partial charge on any atom is -0.469 e. The molecule has 126 valence electrons.